The Labute approximate surface area is 171 Å². The number of aryl methyl sites for hydroxylation is 1. The molecule has 0 aromatic heterocycles. The molecular weight excluding hydrogens is 368 g/mol. The number of nitrogens with zero attached hydrogens (tertiary/aromatic N) is 1. The third-order valence-electron chi connectivity index (χ3n) is 5.42. The van der Waals surface area contributed by atoms with Gasteiger partial charge in [0.2, 0.25) is 11.8 Å². The van der Waals surface area contributed by atoms with Gasteiger partial charge in [0.25, 0.3) is 0 Å². The molecule has 2 unspecified atom stereocenters. The van der Waals surface area contributed by atoms with Gasteiger partial charge in [-0.25, -0.2) is 0 Å². The Kier molecular flexibility index (Phi) is 6.42. The second kappa shape index (κ2) is 8.99. The summed E-state index contributed by atoms with van der Waals surface area (Å²) < 4.78 is 10.6. The van der Waals surface area contributed by atoms with E-state index in [0.29, 0.717) is 23.7 Å². The Hall–Kier alpha value is -3.02. The molecule has 1 saturated heterocycles. The van der Waals surface area contributed by atoms with E-state index in [1.54, 1.807) is 37.3 Å². The molecule has 1 aliphatic rings. The molecule has 0 saturated carbocycles. The summed E-state index contributed by atoms with van der Waals surface area (Å²) >= 11 is 0. The van der Waals surface area contributed by atoms with Crippen molar-refractivity contribution in [2.45, 2.75) is 32.7 Å². The minimum Gasteiger partial charge on any atom is -0.497 e. The SMILES string of the molecule is CCc1ccc(C(C)NC(=O)C2CC(=O)N(c3ccc(OC)cc3OC)C2)cc1. The highest BCUT2D eigenvalue weighted by Crippen LogP contribution is 2.36. The zero-order valence-corrected chi connectivity index (χ0v) is 17.4. The van der Waals surface area contributed by atoms with Crippen LogP contribution in [0.1, 0.15) is 37.4 Å². The van der Waals surface area contributed by atoms with E-state index < -0.39 is 5.92 Å². The van der Waals surface area contributed by atoms with Crippen LogP contribution >= 0.6 is 0 Å². The van der Waals surface area contributed by atoms with Crippen LogP contribution in [0.5, 0.6) is 11.5 Å². The zero-order valence-electron chi connectivity index (χ0n) is 17.4. The van der Waals surface area contributed by atoms with Gasteiger partial charge in [-0.3, -0.25) is 9.59 Å². The lowest BCUT2D eigenvalue weighted by Crippen LogP contribution is -2.34. The Bertz CT molecular complexity index is 879. The summed E-state index contributed by atoms with van der Waals surface area (Å²) in [6, 6.07) is 13.4. The summed E-state index contributed by atoms with van der Waals surface area (Å²) in [5.74, 6) is 0.596. The summed E-state index contributed by atoms with van der Waals surface area (Å²) in [5, 5.41) is 3.05. The average molecular weight is 396 g/mol. The van der Waals surface area contributed by atoms with E-state index in [0.717, 1.165) is 12.0 Å². The fourth-order valence-corrected chi connectivity index (χ4v) is 3.58. The molecular formula is C23H28N2O4. The number of methoxy groups -OCH3 is 2. The molecule has 0 aliphatic carbocycles. The summed E-state index contributed by atoms with van der Waals surface area (Å²) in [6.07, 6.45) is 1.17. The highest BCUT2D eigenvalue weighted by Gasteiger charge is 2.36. The molecule has 154 valence electrons. The molecule has 1 fully saturated rings. The highest BCUT2D eigenvalue weighted by molar-refractivity contribution is 6.01. The highest BCUT2D eigenvalue weighted by atomic mass is 16.5. The summed E-state index contributed by atoms with van der Waals surface area (Å²) in [5.41, 5.74) is 2.96. The summed E-state index contributed by atoms with van der Waals surface area (Å²) in [7, 11) is 3.13. The van der Waals surface area contributed by atoms with E-state index in [4.69, 9.17) is 9.47 Å². The minimum absolute atomic E-state index is 0.0893. The lowest BCUT2D eigenvalue weighted by Gasteiger charge is -2.21. The van der Waals surface area contributed by atoms with Crippen LogP contribution in [0.25, 0.3) is 0 Å². The van der Waals surface area contributed by atoms with E-state index in [9.17, 15) is 9.59 Å². The first kappa shape index (κ1) is 20.7. The van der Waals surface area contributed by atoms with Crippen LogP contribution in [-0.4, -0.2) is 32.6 Å². The molecule has 1 N–H and O–H groups in total. The molecule has 2 atom stereocenters. The van der Waals surface area contributed by atoms with Gasteiger partial charge < -0.3 is 19.7 Å². The molecule has 29 heavy (non-hydrogen) atoms. The predicted octanol–water partition coefficient (Wildman–Crippen LogP) is 3.50. The maximum Gasteiger partial charge on any atom is 0.227 e. The maximum absolute atomic E-state index is 12.8. The van der Waals surface area contributed by atoms with Gasteiger partial charge in [-0.1, -0.05) is 31.2 Å². The van der Waals surface area contributed by atoms with E-state index >= 15 is 0 Å². The van der Waals surface area contributed by atoms with Crippen molar-refractivity contribution in [2.24, 2.45) is 5.92 Å². The first-order chi connectivity index (χ1) is 14.0. The summed E-state index contributed by atoms with van der Waals surface area (Å²) in [6.45, 7) is 4.40. The molecule has 6 heteroatoms. The topological polar surface area (TPSA) is 67.9 Å². The number of rotatable bonds is 7. The Morgan fingerprint density at radius 3 is 2.52 bits per heavy atom. The van der Waals surface area contributed by atoms with Crippen LogP contribution < -0.4 is 19.7 Å². The quantitative estimate of drug-likeness (QED) is 0.778. The largest absolute Gasteiger partial charge is 0.497 e. The minimum atomic E-state index is -0.397. The van der Waals surface area contributed by atoms with Gasteiger partial charge >= 0.3 is 0 Å². The van der Waals surface area contributed by atoms with Gasteiger partial charge in [0.05, 0.1) is 31.9 Å². The first-order valence-corrected chi connectivity index (χ1v) is 9.88. The zero-order chi connectivity index (χ0) is 21.0. The molecule has 0 bridgehead atoms. The van der Waals surface area contributed by atoms with Crippen molar-refractivity contribution in [1.82, 2.24) is 5.32 Å². The van der Waals surface area contributed by atoms with E-state index in [1.165, 1.54) is 5.56 Å². The first-order valence-electron chi connectivity index (χ1n) is 9.88. The van der Waals surface area contributed by atoms with Crippen molar-refractivity contribution in [2.75, 3.05) is 25.7 Å². The lowest BCUT2D eigenvalue weighted by atomic mass is 10.0. The molecule has 2 aromatic carbocycles. The molecule has 1 heterocycles. The Balaban J connectivity index is 1.68. The number of carbonyl (C=O) groups excluding carboxylic acids is 2. The number of hydrogen-bond acceptors (Lipinski definition) is 4. The normalized spacial score (nSPS) is 17.2. The van der Waals surface area contributed by atoms with Crippen molar-refractivity contribution in [3.8, 4) is 11.5 Å². The van der Waals surface area contributed by atoms with Crippen molar-refractivity contribution < 1.29 is 19.1 Å². The fourth-order valence-electron chi connectivity index (χ4n) is 3.58. The predicted molar refractivity (Wildman–Crippen MR) is 112 cm³/mol. The molecule has 2 amide bonds. The third kappa shape index (κ3) is 4.53. The average Bonchev–Trinajstić information content (AvgIpc) is 3.14. The summed E-state index contributed by atoms with van der Waals surface area (Å²) in [4.78, 5) is 27.0. The van der Waals surface area contributed by atoms with Gasteiger partial charge in [-0.2, -0.15) is 0 Å². The third-order valence-corrected chi connectivity index (χ3v) is 5.42. The van der Waals surface area contributed by atoms with Gasteiger partial charge in [-0.15, -0.1) is 0 Å². The number of ether oxygens (including phenoxy) is 2. The molecule has 1 aliphatic heterocycles. The van der Waals surface area contributed by atoms with Crippen molar-refractivity contribution in [3.63, 3.8) is 0 Å². The Morgan fingerprint density at radius 1 is 1.17 bits per heavy atom. The van der Waals surface area contributed by atoms with Crippen LogP contribution in [0.2, 0.25) is 0 Å². The molecule has 3 rings (SSSR count). The van der Waals surface area contributed by atoms with E-state index in [-0.39, 0.29) is 24.3 Å². The fraction of sp³-hybridized carbons (Fsp3) is 0.391. The smallest absolute Gasteiger partial charge is 0.227 e. The molecule has 0 radical (unpaired) electrons. The monoisotopic (exact) mass is 396 g/mol. The van der Waals surface area contributed by atoms with Crippen LogP contribution in [0, 0.1) is 5.92 Å². The maximum atomic E-state index is 12.8. The number of anilines is 1. The van der Waals surface area contributed by atoms with Crippen LogP contribution in [0.15, 0.2) is 42.5 Å². The van der Waals surface area contributed by atoms with Crippen LogP contribution in [0.3, 0.4) is 0 Å². The van der Waals surface area contributed by atoms with Crippen molar-refractivity contribution in [1.29, 1.82) is 0 Å². The van der Waals surface area contributed by atoms with Crippen molar-refractivity contribution in [3.05, 3.63) is 53.6 Å². The van der Waals surface area contributed by atoms with E-state index in [1.807, 2.05) is 19.1 Å². The number of amides is 2. The van der Waals surface area contributed by atoms with Gasteiger partial charge in [0, 0.05) is 19.0 Å². The molecule has 0 spiro atoms. The lowest BCUT2D eigenvalue weighted by molar-refractivity contribution is -0.126. The van der Waals surface area contributed by atoms with Gasteiger partial charge in [-0.05, 0) is 36.6 Å². The van der Waals surface area contributed by atoms with Gasteiger partial charge in [0.1, 0.15) is 11.5 Å². The number of benzene rings is 2. The second-order valence-corrected chi connectivity index (χ2v) is 7.27. The van der Waals surface area contributed by atoms with Crippen molar-refractivity contribution >= 4 is 17.5 Å². The standard InChI is InChI=1S/C23H28N2O4/c1-5-16-6-8-17(9-7-16)15(2)24-23(27)18-12-22(26)25(14-18)20-11-10-19(28-3)13-21(20)29-4/h6-11,13,15,18H,5,12,14H2,1-4H3,(H,24,27). The van der Waals surface area contributed by atoms with Crippen LogP contribution in [0.4, 0.5) is 5.69 Å². The molecule has 6 nitrogen and oxygen atoms in total. The Morgan fingerprint density at radius 2 is 1.90 bits per heavy atom. The molecule has 2 aromatic rings. The number of hydrogen-bond donors (Lipinski definition) is 1. The van der Waals surface area contributed by atoms with Crippen LogP contribution in [-0.2, 0) is 16.0 Å². The number of nitrogens with one attached hydrogen (secondary N) is 1. The van der Waals surface area contributed by atoms with E-state index in [2.05, 4.69) is 24.4 Å². The number of carbonyl (C=O) groups is 2. The van der Waals surface area contributed by atoms with Gasteiger partial charge in [0.15, 0.2) is 0 Å². The second-order valence-electron chi connectivity index (χ2n) is 7.27.